The number of rotatable bonds is 22. The van der Waals surface area contributed by atoms with E-state index in [1.807, 2.05) is 18.2 Å². The summed E-state index contributed by atoms with van der Waals surface area (Å²) >= 11 is 3.26. The number of halogens is 5. The van der Waals surface area contributed by atoms with Crippen LogP contribution in [0.2, 0.25) is 0 Å². The largest absolute Gasteiger partial charge is 0.243 e. The number of nitrogens with zero attached hydrogens (tertiary/aromatic N) is 12. The lowest BCUT2D eigenvalue weighted by molar-refractivity contribution is 0.357. The van der Waals surface area contributed by atoms with E-state index in [1.54, 1.807) is 84.9 Å². The first-order valence-electron chi connectivity index (χ1n) is 34.2. The lowest BCUT2D eigenvalue weighted by atomic mass is 9.84. The fourth-order valence-corrected chi connectivity index (χ4v) is 16.0. The molecule has 21 nitrogen and oxygen atoms in total. The topological polar surface area (TPSA) is 271 Å². The molecule has 3 N–H and O–H groups in total. The number of hydrogen-bond acceptors (Lipinski definition) is 15. The van der Waals surface area contributed by atoms with Crippen molar-refractivity contribution in [3.05, 3.63) is 214 Å². The Kier molecular flexibility index (Phi) is 27.1. The van der Waals surface area contributed by atoms with Crippen molar-refractivity contribution in [2.24, 2.45) is 17.8 Å². The summed E-state index contributed by atoms with van der Waals surface area (Å²) in [5.74, 6) is 1.74. The van der Waals surface area contributed by atoms with Gasteiger partial charge in [-0.1, -0.05) is 179 Å². The average Bonchev–Trinajstić information content (AvgIpc) is 1.36. The Bertz CT molecular complexity index is 4680. The van der Waals surface area contributed by atoms with E-state index in [-0.39, 0.29) is 44.5 Å². The molecule has 0 amide bonds. The molecule has 3 fully saturated rings. The lowest BCUT2D eigenvalue weighted by Crippen LogP contribution is -2.26. The molecular weight excluding hydrogens is 1430 g/mol. The number of tetrazole rings is 3. The Labute approximate surface area is 602 Å². The molecule has 102 heavy (non-hydrogen) atoms. The van der Waals surface area contributed by atoms with Crippen molar-refractivity contribution in [3.8, 4) is 34.2 Å². The maximum Gasteiger partial charge on any atom is 0.243 e. The monoisotopic (exact) mass is 1520 g/mol. The lowest BCUT2D eigenvalue weighted by Gasteiger charge is -2.23. The minimum atomic E-state index is -3.85. The number of sulfonamides is 3. The van der Waals surface area contributed by atoms with Gasteiger partial charge in [-0.05, 0) is 191 Å². The van der Waals surface area contributed by atoms with E-state index >= 15 is 0 Å². The molecular formula is C73H84BrF4N15O6S3. The number of hydrogen-bond donors (Lipinski definition) is 3. The summed E-state index contributed by atoms with van der Waals surface area (Å²) in [7, 11) is -6.64. The molecule has 29 heteroatoms. The van der Waals surface area contributed by atoms with Gasteiger partial charge in [-0.25, -0.2) is 52.3 Å². The van der Waals surface area contributed by atoms with E-state index in [9.17, 15) is 42.8 Å². The zero-order valence-corrected chi connectivity index (χ0v) is 61.2. The molecule has 7 aromatic carbocycles. The number of aromatic nitrogens is 12. The van der Waals surface area contributed by atoms with Crippen molar-refractivity contribution in [1.29, 1.82) is 0 Å². The number of benzene rings is 7. The summed E-state index contributed by atoms with van der Waals surface area (Å²) < 4.78 is 134. The van der Waals surface area contributed by atoms with Crippen LogP contribution in [0.4, 0.5) is 17.6 Å². The smallest absolute Gasteiger partial charge is 0.214 e. The van der Waals surface area contributed by atoms with Crippen LogP contribution in [0.3, 0.4) is 0 Å². The molecule has 3 saturated carbocycles. The molecule has 0 bridgehead atoms. The highest BCUT2D eigenvalue weighted by atomic mass is 79.9. The molecule has 10 aromatic rings. The van der Waals surface area contributed by atoms with Crippen LogP contribution in [-0.4, -0.2) is 112 Å². The van der Waals surface area contributed by atoms with Crippen molar-refractivity contribution < 1.29 is 42.8 Å². The van der Waals surface area contributed by atoms with Crippen molar-refractivity contribution in [3.63, 3.8) is 0 Å². The third-order valence-electron chi connectivity index (χ3n) is 18.6. The molecule has 0 spiro atoms. The van der Waals surface area contributed by atoms with Gasteiger partial charge in [-0.3, -0.25) is 0 Å². The van der Waals surface area contributed by atoms with E-state index in [1.165, 1.54) is 167 Å². The molecule has 0 aliphatic heterocycles. The van der Waals surface area contributed by atoms with Crippen molar-refractivity contribution in [2.75, 3.05) is 21.1 Å². The molecule has 0 radical (unpaired) electrons. The number of nitrogens with one attached hydrogen (secondary N) is 3. The van der Waals surface area contributed by atoms with Crippen molar-refractivity contribution in [1.82, 2.24) is 74.8 Å². The van der Waals surface area contributed by atoms with Gasteiger partial charge in [0.2, 0.25) is 47.5 Å². The third kappa shape index (κ3) is 21.4. The second kappa shape index (κ2) is 36.2. The van der Waals surface area contributed by atoms with E-state index in [0.717, 1.165) is 76.4 Å². The van der Waals surface area contributed by atoms with Crippen LogP contribution in [0.25, 0.3) is 34.2 Å². The zero-order chi connectivity index (χ0) is 72.2. The highest BCUT2D eigenvalue weighted by molar-refractivity contribution is 9.08. The first kappa shape index (κ1) is 76.3. The second-order valence-electron chi connectivity index (χ2n) is 25.9. The summed E-state index contributed by atoms with van der Waals surface area (Å²) in [5.41, 5.74) is 8.61. The van der Waals surface area contributed by atoms with Gasteiger partial charge in [0, 0.05) is 35.6 Å². The highest BCUT2D eigenvalue weighted by Crippen LogP contribution is 2.36. The maximum absolute atomic E-state index is 13.5. The molecule has 0 unspecified atom stereocenters. The SMILES string of the molecule is CN(Cc1ccc(F)cc1)S(=O)(=O)c1ccc(CC2CCCCC2)c(-c2nnn(Cc3ccc(F)cc3)n2)c1.CNS(=O)(=O)c1ccc(CC2CCCCC2)c(-c2nn[nH]n2)c1.CNS(=O)(=O)c1ccc(CC2CCCCC2)c(-c2nnn(Cc3ccc(F)cc3)n2)c1.Fc1ccc(CBr)cc1. The second-order valence-corrected chi connectivity index (χ2v) is 32.3. The molecule has 0 atom stereocenters. The van der Waals surface area contributed by atoms with E-state index < -0.39 is 30.1 Å². The fraction of sp³-hybridized carbons (Fsp3) is 0.384. The normalized spacial score (nSPS) is 14.8. The van der Waals surface area contributed by atoms with Gasteiger partial charge in [0.1, 0.15) is 23.3 Å². The van der Waals surface area contributed by atoms with Crippen LogP contribution < -0.4 is 9.44 Å². The Morgan fingerprint density at radius 3 is 1.15 bits per heavy atom. The minimum Gasteiger partial charge on any atom is -0.214 e. The summed E-state index contributed by atoms with van der Waals surface area (Å²) in [6.45, 7) is 0.761. The van der Waals surface area contributed by atoms with Gasteiger partial charge >= 0.3 is 0 Å². The fourth-order valence-electron chi connectivity index (χ4n) is 13.0. The van der Waals surface area contributed by atoms with Gasteiger partial charge in [-0.2, -0.15) is 19.1 Å². The molecule has 3 heterocycles. The van der Waals surface area contributed by atoms with Crippen LogP contribution in [0, 0.1) is 41.0 Å². The number of aromatic amines is 1. The maximum atomic E-state index is 13.5. The van der Waals surface area contributed by atoms with Crippen molar-refractivity contribution in [2.45, 2.75) is 155 Å². The number of H-pyrrole nitrogens is 1. The van der Waals surface area contributed by atoms with Crippen molar-refractivity contribution >= 4 is 46.0 Å². The molecule has 3 aromatic heterocycles. The van der Waals surface area contributed by atoms with Crippen LogP contribution in [-0.2, 0) is 74.3 Å². The molecule has 540 valence electrons. The van der Waals surface area contributed by atoms with Gasteiger partial charge < -0.3 is 0 Å². The van der Waals surface area contributed by atoms with Crippen LogP contribution >= 0.6 is 15.9 Å². The Hall–Kier alpha value is -8.32. The predicted molar refractivity (Wildman–Crippen MR) is 385 cm³/mol. The van der Waals surface area contributed by atoms with E-state index in [4.69, 9.17) is 0 Å². The quantitative estimate of drug-likeness (QED) is 0.0420. The Morgan fingerprint density at radius 2 is 0.794 bits per heavy atom. The first-order valence-corrected chi connectivity index (χ1v) is 39.7. The van der Waals surface area contributed by atoms with E-state index in [2.05, 4.69) is 76.8 Å². The molecule has 3 aliphatic carbocycles. The number of alkyl halides is 1. The first-order chi connectivity index (χ1) is 49.1. The standard InChI is InChI=1S/C29H31F2N5O2S.C22H26FN5O2S.C15H21N5O2S.C7H6BrF/c1-35(19-22-7-12-25(30)13-8-22)39(37,38)27-16-11-24(17-21-5-3-2-4-6-21)28(18-27)29-32-34-36(33-29)20-23-9-14-26(31)15-10-23;1-24-31(29,30)20-12-9-18(13-16-5-3-2-4-6-16)21(14-20)22-25-27-28(26-22)15-17-7-10-19(23)11-8-17;1-16-23(21,22)13-8-7-12(9-11-5-3-2-4-6-11)14(10-13)15-17-19-20-18-15;8-5-6-1-3-7(9)4-2-6/h7-16,18,21H,2-6,17,19-20H2,1H3;7-12,14,16,24H,2-6,13,15H2,1H3;7-8,10-11,16H,2-6,9H2,1H3,(H,17,18,19,20);1-4H,5H2. The minimum absolute atomic E-state index is 0.105. The highest BCUT2D eigenvalue weighted by Gasteiger charge is 2.27. The van der Waals surface area contributed by atoms with Gasteiger partial charge in [0.05, 0.1) is 27.8 Å². The van der Waals surface area contributed by atoms with Gasteiger partial charge in [-0.15, -0.1) is 30.6 Å². The van der Waals surface area contributed by atoms with Gasteiger partial charge in [0.15, 0.2) is 0 Å². The van der Waals surface area contributed by atoms with Gasteiger partial charge in [0.25, 0.3) is 0 Å². The average molecular weight is 1520 g/mol. The van der Waals surface area contributed by atoms with Crippen LogP contribution in [0.15, 0.2) is 166 Å². The Morgan fingerprint density at radius 1 is 0.451 bits per heavy atom. The molecule has 3 aliphatic rings. The Balaban J connectivity index is 0.000000159. The molecule has 13 rings (SSSR count). The summed E-state index contributed by atoms with van der Waals surface area (Å²) in [6, 6.07) is 39.8. The zero-order valence-electron chi connectivity index (χ0n) is 57.2. The molecule has 0 saturated heterocycles. The van der Waals surface area contributed by atoms with Crippen LogP contribution in [0.1, 0.15) is 135 Å². The summed E-state index contributed by atoms with van der Waals surface area (Å²) in [5, 5.41) is 40.7. The summed E-state index contributed by atoms with van der Waals surface area (Å²) in [6.07, 6.45) is 21.0. The summed E-state index contributed by atoms with van der Waals surface area (Å²) in [4.78, 5) is 3.38. The van der Waals surface area contributed by atoms with E-state index in [0.29, 0.717) is 65.0 Å². The third-order valence-corrected chi connectivity index (χ3v) is 23.9. The predicted octanol–water partition coefficient (Wildman–Crippen LogP) is 13.8. The van der Waals surface area contributed by atoms with Crippen LogP contribution in [0.5, 0.6) is 0 Å².